The van der Waals surface area contributed by atoms with Crippen molar-refractivity contribution in [2.45, 2.75) is 17.9 Å². The molecule has 4 heteroatoms. The fourth-order valence-corrected chi connectivity index (χ4v) is 2.87. The molecule has 0 fully saturated rings. The molecule has 0 spiro atoms. The summed E-state index contributed by atoms with van der Waals surface area (Å²) in [5.41, 5.74) is 1.45. The van der Waals surface area contributed by atoms with E-state index >= 15 is 0 Å². The molecule has 0 radical (unpaired) electrons. The number of aryl methyl sites for hydroxylation is 1. The van der Waals surface area contributed by atoms with Gasteiger partial charge in [0, 0.05) is 21.2 Å². The van der Waals surface area contributed by atoms with E-state index in [1.807, 2.05) is 31.2 Å². The second-order valence-electron chi connectivity index (χ2n) is 4.31. The molecule has 1 atom stereocenters. The van der Waals surface area contributed by atoms with E-state index in [-0.39, 0.29) is 5.56 Å². The molecular weight excluding hydrogens is 283 g/mol. The minimum Gasteiger partial charge on any atom is -0.387 e. The van der Waals surface area contributed by atoms with E-state index in [2.05, 4.69) is 0 Å². The summed E-state index contributed by atoms with van der Waals surface area (Å²) in [6.45, 7) is 2.01. The molecule has 1 unspecified atom stereocenters. The van der Waals surface area contributed by atoms with E-state index in [0.29, 0.717) is 10.8 Å². The Labute approximate surface area is 121 Å². The highest BCUT2D eigenvalue weighted by Crippen LogP contribution is 2.27. The summed E-state index contributed by atoms with van der Waals surface area (Å²) in [4.78, 5) is 1.06. The second kappa shape index (κ2) is 6.42. The van der Waals surface area contributed by atoms with Crippen LogP contribution in [0, 0.1) is 12.7 Å². The lowest BCUT2D eigenvalue weighted by atomic mass is 10.1. The summed E-state index contributed by atoms with van der Waals surface area (Å²) < 4.78 is 13.6. The molecule has 1 nitrogen and oxygen atoms in total. The Kier molecular flexibility index (Phi) is 4.86. The first-order valence-corrected chi connectivity index (χ1v) is 7.25. The highest BCUT2D eigenvalue weighted by Gasteiger charge is 2.13. The van der Waals surface area contributed by atoms with Crippen molar-refractivity contribution in [1.29, 1.82) is 0 Å². The van der Waals surface area contributed by atoms with Crippen molar-refractivity contribution < 1.29 is 9.50 Å². The van der Waals surface area contributed by atoms with Gasteiger partial charge in [0.25, 0.3) is 0 Å². The molecule has 0 aliphatic carbocycles. The quantitative estimate of drug-likeness (QED) is 0.831. The summed E-state index contributed by atoms with van der Waals surface area (Å²) in [6, 6.07) is 12.3. The molecule has 2 aromatic rings. The molecule has 0 saturated heterocycles. The minimum absolute atomic E-state index is 0.282. The minimum atomic E-state index is -0.845. The van der Waals surface area contributed by atoms with Crippen LogP contribution in [0.1, 0.15) is 17.2 Å². The van der Waals surface area contributed by atoms with Gasteiger partial charge in [0.05, 0.1) is 6.10 Å². The van der Waals surface area contributed by atoms with Gasteiger partial charge in [-0.1, -0.05) is 35.4 Å². The summed E-state index contributed by atoms with van der Waals surface area (Å²) in [5.74, 6) is -0.0630. The zero-order valence-corrected chi connectivity index (χ0v) is 12.0. The lowest BCUT2D eigenvalue weighted by Crippen LogP contribution is -2.03. The van der Waals surface area contributed by atoms with Crippen molar-refractivity contribution in [3.05, 3.63) is 64.4 Å². The molecule has 19 heavy (non-hydrogen) atoms. The molecule has 2 rings (SSSR count). The van der Waals surface area contributed by atoms with Crippen molar-refractivity contribution in [1.82, 2.24) is 0 Å². The maximum atomic E-state index is 13.6. The van der Waals surface area contributed by atoms with Gasteiger partial charge in [0.15, 0.2) is 0 Å². The summed E-state index contributed by atoms with van der Waals surface area (Å²) in [7, 11) is 0. The van der Waals surface area contributed by atoms with Gasteiger partial charge in [-0.05, 0) is 31.2 Å². The third-order valence-corrected chi connectivity index (χ3v) is 4.02. The number of aliphatic hydroxyl groups excluding tert-OH is 1. The fourth-order valence-electron chi connectivity index (χ4n) is 1.74. The molecular formula is C15H14ClFOS. The molecule has 100 valence electrons. The SMILES string of the molecule is Cc1cccc(SCC(O)c2ccc(Cl)cc2F)c1. The van der Waals surface area contributed by atoms with E-state index in [4.69, 9.17) is 11.6 Å². The highest BCUT2D eigenvalue weighted by atomic mass is 35.5. The van der Waals surface area contributed by atoms with E-state index < -0.39 is 11.9 Å². The first-order valence-electron chi connectivity index (χ1n) is 5.89. The highest BCUT2D eigenvalue weighted by molar-refractivity contribution is 7.99. The van der Waals surface area contributed by atoms with Crippen LogP contribution in [0.25, 0.3) is 0 Å². The second-order valence-corrected chi connectivity index (χ2v) is 5.84. The third-order valence-electron chi connectivity index (χ3n) is 2.72. The predicted molar refractivity (Wildman–Crippen MR) is 78.3 cm³/mol. The fraction of sp³-hybridized carbons (Fsp3) is 0.200. The Bertz CT molecular complexity index is 574. The Morgan fingerprint density at radius 3 is 2.74 bits per heavy atom. The lowest BCUT2D eigenvalue weighted by molar-refractivity contribution is 0.199. The molecule has 0 bridgehead atoms. The third kappa shape index (κ3) is 3.96. The van der Waals surface area contributed by atoms with Gasteiger partial charge in [-0.2, -0.15) is 0 Å². The summed E-state index contributed by atoms with van der Waals surface area (Å²) >= 11 is 7.19. The molecule has 0 aliphatic heterocycles. The molecule has 0 aromatic heterocycles. The largest absolute Gasteiger partial charge is 0.387 e. The molecule has 0 saturated carbocycles. The summed E-state index contributed by atoms with van der Waals surface area (Å²) in [5, 5.41) is 10.4. The van der Waals surface area contributed by atoms with Gasteiger partial charge in [-0.3, -0.25) is 0 Å². The van der Waals surface area contributed by atoms with Gasteiger partial charge in [0.2, 0.25) is 0 Å². The topological polar surface area (TPSA) is 20.2 Å². The number of hydrogen-bond acceptors (Lipinski definition) is 2. The van der Waals surface area contributed by atoms with Gasteiger partial charge >= 0.3 is 0 Å². The average Bonchev–Trinajstić information content (AvgIpc) is 2.36. The standard InChI is InChI=1S/C15H14ClFOS/c1-10-3-2-4-12(7-10)19-9-15(18)13-6-5-11(16)8-14(13)17/h2-8,15,18H,9H2,1H3. The number of rotatable bonds is 4. The number of benzene rings is 2. The molecule has 2 aromatic carbocycles. The van der Waals surface area contributed by atoms with Crippen molar-refractivity contribution in [2.24, 2.45) is 0 Å². The summed E-state index contributed by atoms with van der Waals surface area (Å²) in [6.07, 6.45) is -0.845. The Balaban J connectivity index is 2.03. The molecule has 1 N–H and O–H groups in total. The van der Waals surface area contributed by atoms with Crippen LogP contribution < -0.4 is 0 Å². The first-order chi connectivity index (χ1) is 9.06. The van der Waals surface area contributed by atoms with Crippen molar-refractivity contribution in [3.63, 3.8) is 0 Å². The Morgan fingerprint density at radius 2 is 2.05 bits per heavy atom. The Morgan fingerprint density at radius 1 is 1.26 bits per heavy atom. The zero-order chi connectivity index (χ0) is 13.8. The van der Waals surface area contributed by atoms with Crippen LogP contribution in [-0.4, -0.2) is 10.9 Å². The zero-order valence-electron chi connectivity index (χ0n) is 10.4. The smallest absolute Gasteiger partial charge is 0.130 e. The van der Waals surface area contributed by atoms with E-state index in [1.165, 1.54) is 23.9 Å². The van der Waals surface area contributed by atoms with Crippen LogP contribution >= 0.6 is 23.4 Å². The van der Waals surface area contributed by atoms with Gasteiger partial charge in [0.1, 0.15) is 5.82 Å². The van der Waals surface area contributed by atoms with Crippen LogP contribution in [0.2, 0.25) is 5.02 Å². The number of hydrogen-bond donors (Lipinski definition) is 1. The average molecular weight is 297 g/mol. The monoisotopic (exact) mass is 296 g/mol. The normalized spacial score (nSPS) is 12.4. The maximum Gasteiger partial charge on any atom is 0.130 e. The molecule has 0 aliphatic rings. The predicted octanol–water partition coefficient (Wildman–Crippen LogP) is 4.61. The molecule has 0 heterocycles. The number of thioether (sulfide) groups is 1. The van der Waals surface area contributed by atoms with Crippen LogP contribution in [0.3, 0.4) is 0 Å². The van der Waals surface area contributed by atoms with E-state index in [9.17, 15) is 9.50 Å². The van der Waals surface area contributed by atoms with E-state index in [0.717, 1.165) is 10.5 Å². The van der Waals surface area contributed by atoms with Crippen molar-refractivity contribution in [2.75, 3.05) is 5.75 Å². The van der Waals surface area contributed by atoms with Crippen LogP contribution in [0.15, 0.2) is 47.4 Å². The number of aliphatic hydroxyl groups is 1. The van der Waals surface area contributed by atoms with Crippen LogP contribution in [-0.2, 0) is 0 Å². The first kappa shape index (κ1) is 14.4. The van der Waals surface area contributed by atoms with Crippen LogP contribution in [0.5, 0.6) is 0 Å². The van der Waals surface area contributed by atoms with Crippen LogP contribution in [0.4, 0.5) is 4.39 Å². The van der Waals surface area contributed by atoms with Crippen molar-refractivity contribution in [3.8, 4) is 0 Å². The maximum absolute atomic E-state index is 13.6. The lowest BCUT2D eigenvalue weighted by Gasteiger charge is -2.12. The van der Waals surface area contributed by atoms with Gasteiger partial charge < -0.3 is 5.11 Å². The molecule has 0 amide bonds. The number of halogens is 2. The van der Waals surface area contributed by atoms with Crippen molar-refractivity contribution >= 4 is 23.4 Å². The van der Waals surface area contributed by atoms with E-state index in [1.54, 1.807) is 6.07 Å². The van der Waals surface area contributed by atoms with Gasteiger partial charge in [-0.25, -0.2) is 4.39 Å². The Hall–Kier alpha value is -1.03. The van der Waals surface area contributed by atoms with Gasteiger partial charge in [-0.15, -0.1) is 11.8 Å².